The summed E-state index contributed by atoms with van der Waals surface area (Å²) in [7, 11) is 9.32. The molecule has 1 aliphatic heterocycles. The Morgan fingerprint density at radius 1 is 0.407 bits per heavy atom. The first kappa shape index (κ1) is 38.1. The van der Waals surface area contributed by atoms with Gasteiger partial charge in [0, 0.05) is 33.1 Å². The molecule has 0 aliphatic carbocycles. The van der Waals surface area contributed by atoms with Crippen LogP contribution in [0.4, 0.5) is 0 Å². The predicted molar refractivity (Wildman–Crippen MR) is 212 cm³/mol. The summed E-state index contributed by atoms with van der Waals surface area (Å²) >= 11 is 11.1. The van der Waals surface area contributed by atoms with Crippen LogP contribution in [0.5, 0.6) is 35.3 Å². The highest BCUT2D eigenvalue weighted by atomic mass is 79.9. The number of halogens is 3. The summed E-state index contributed by atoms with van der Waals surface area (Å²) in [5.41, 5.74) is 7.16. The molecule has 7 rings (SSSR count). The molecule has 0 radical (unpaired) electrons. The normalized spacial score (nSPS) is 14.2. The van der Waals surface area contributed by atoms with Crippen LogP contribution in [0.3, 0.4) is 0 Å². The second-order valence-electron chi connectivity index (χ2n) is 12.4. The van der Waals surface area contributed by atoms with Gasteiger partial charge >= 0.3 is 0 Å². The lowest BCUT2D eigenvalue weighted by Gasteiger charge is -2.42. The number of benzene rings is 3. The molecule has 0 unspecified atom stereocenters. The number of rotatable bonds is 12. The van der Waals surface area contributed by atoms with Crippen LogP contribution < -0.4 is 28.4 Å². The van der Waals surface area contributed by atoms with E-state index in [1.807, 2.05) is 18.2 Å². The van der Waals surface area contributed by atoms with E-state index in [-0.39, 0.29) is 0 Å². The van der Waals surface area contributed by atoms with Crippen molar-refractivity contribution in [1.82, 2.24) is 44.6 Å². The zero-order chi connectivity index (χ0) is 38.1. The third-order valence-electron chi connectivity index (χ3n) is 8.80. The minimum Gasteiger partial charge on any atom is -0.477 e. The van der Waals surface area contributed by atoms with E-state index < -0.39 is 0 Å². The van der Waals surface area contributed by atoms with Crippen molar-refractivity contribution in [3.63, 3.8) is 0 Å². The molecular weight excluding hydrogens is 894 g/mol. The van der Waals surface area contributed by atoms with Gasteiger partial charge in [-0.25, -0.2) is 29.9 Å². The second kappa shape index (κ2) is 16.3. The van der Waals surface area contributed by atoms with E-state index in [9.17, 15) is 0 Å². The van der Waals surface area contributed by atoms with Crippen molar-refractivity contribution in [2.75, 3.05) is 62.7 Å². The van der Waals surface area contributed by atoms with E-state index >= 15 is 0 Å². The van der Waals surface area contributed by atoms with Crippen molar-refractivity contribution in [2.45, 2.75) is 19.6 Å². The average molecular weight is 930 g/mol. The molecule has 4 heterocycles. The molecule has 1 saturated heterocycles. The first-order valence-corrected chi connectivity index (χ1v) is 18.9. The maximum absolute atomic E-state index is 5.53. The van der Waals surface area contributed by atoms with Gasteiger partial charge in [0.15, 0.2) is 0 Å². The van der Waals surface area contributed by atoms with Crippen molar-refractivity contribution < 1.29 is 28.4 Å². The van der Waals surface area contributed by atoms with Crippen LogP contribution in [0.1, 0.15) is 16.7 Å². The largest absolute Gasteiger partial charge is 0.477 e. The fourth-order valence-corrected chi connectivity index (χ4v) is 8.13. The number of nitrogens with zero attached hydrogens (tertiary/aromatic N) is 9. The zero-order valence-corrected chi connectivity index (χ0v) is 35.1. The molecule has 0 N–H and O–H groups in total. The lowest BCUT2D eigenvalue weighted by molar-refractivity contribution is -0.0417. The number of methoxy groups -OCH3 is 6. The lowest BCUT2D eigenvalue weighted by atomic mass is 10.1. The Hall–Kier alpha value is -4.20. The van der Waals surface area contributed by atoms with Gasteiger partial charge in [0.05, 0.1) is 95.8 Å². The Morgan fingerprint density at radius 2 is 0.648 bits per heavy atom. The van der Waals surface area contributed by atoms with Gasteiger partial charge in [0.25, 0.3) is 35.3 Å². The van der Waals surface area contributed by atoms with E-state index in [2.05, 4.69) is 80.7 Å². The third kappa shape index (κ3) is 7.81. The van der Waals surface area contributed by atoms with Crippen LogP contribution in [-0.4, -0.2) is 107 Å². The van der Waals surface area contributed by atoms with Gasteiger partial charge in [-0.15, -0.1) is 0 Å². The van der Waals surface area contributed by atoms with Crippen LogP contribution in [0.2, 0.25) is 0 Å². The molecule has 0 saturated carbocycles. The fourth-order valence-electron chi connectivity index (χ4n) is 6.65. The van der Waals surface area contributed by atoms with Gasteiger partial charge in [-0.2, -0.15) is 0 Å². The highest BCUT2D eigenvalue weighted by molar-refractivity contribution is 9.11. The number of aromatic nitrogens is 6. The van der Waals surface area contributed by atoms with Crippen LogP contribution >= 0.6 is 47.8 Å². The molecule has 6 aromatic rings. The van der Waals surface area contributed by atoms with Crippen LogP contribution in [-0.2, 0) is 19.6 Å². The lowest BCUT2D eigenvalue weighted by Crippen LogP contribution is -2.53. The van der Waals surface area contributed by atoms with Gasteiger partial charge in [0.2, 0.25) is 0 Å². The average Bonchev–Trinajstić information content (AvgIpc) is 3.16. The Kier molecular flexibility index (Phi) is 11.5. The molecule has 0 atom stereocenters. The topological polar surface area (TPSA) is 142 Å². The van der Waals surface area contributed by atoms with Gasteiger partial charge in [-0.3, -0.25) is 14.7 Å². The van der Waals surface area contributed by atoms with Crippen LogP contribution in [0.25, 0.3) is 33.1 Å². The molecule has 0 spiro atoms. The molecule has 1 aliphatic rings. The van der Waals surface area contributed by atoms with Crippen molar-refractivity contribution in [2.24, 2.45) is 0 Å². The van der Waals surface area contributed by atoms with Gasteiger partial charge < -0.3 is 28.4 Å². The molecular formula is C36H36Br3N9O6. The summed E-state index contributed by atoms with van der Waals surface area (Å²) in [6, 6.07) is 12.0. The third-order valence-corrected chi connectivity index (χ3v) is 10.2. The summed E-state index contributed by atoms with van der Waals surface area (Å²) in [6.45, 7) is 3.56. The Balaban J connectivity index is 1.28. The number of fused-ring (bicyclic) bond motifs is 3. The fraction of sp³-hybridized carbons (Fsp3) is 0.333. The van der Waals surface area contributed by atoms with Crippen LogP contribution in [0.15, 0.2) is 49.8 Å². The first-order valence-electron chi connectivity index (χ1n) is 16.5. The summed E-state index contributed by atoms with van der Waals surface area (Å²) in [5.74, 6) is 1.92. The van der Waals surface area contributed by atoms with Crippen molar-refractivity contribution in [3.05, 3.63) is 66.5 Å². The monoisotopic (exact) mass is 927 g/mol. The molecule has 0 bridgehead atoms. The minimum absolute atomic E-state index is 0.319. The van der Waals surface area contributed by atoms with Gasteiger partial charge in [-0.05, 0) is 53.1 Å². The van der Waals surface area contributed by atoms with E-state index in [1.165, 1.54) is 0 Å². The molecule has 54 heavy (non-hydrogen) atoms. The van der Waals surface area contributed by atoms with Crippen molar-refractivity contribution in [1.29, 1.82) is 0 Å². The summed E-state index contributed by atoms with van der Waals surface area (Å²) in [6.07, 6.45) is 0. The highest BCUT2D eigenvalue weighted by Crippen LogP contribution is 2.34. The van der Waals surface area contributed by atoms with Gasteiger partial charge in [0.1, 0.15) is 0 Å². The highest BCUT2D eigenvalue weighted by Gasteiger charge is 2.28. The molecule has 3 aromatic heterocycles. The Labute approximate surface area is 336 Å². The molecule has 18 heteroatoms. The predicted octanol–water partition coefficient (Wildman–Crippen LogP) is 6.55. The summed E-state index contributed by atoms with van der Waals surface area (Å²) < 4.78 is 35.6. The number of hydrogen-bond acceptors (Lipinski definition) is 15. The SMILES string of the molecule is COc1nc2cc(Br)cc(CN3CN(Cc4cc(Br)cc5nc(OC)c(OC)nc45)CN(Cc4cc(Br)cc5nc(OC)c(OC)nc45)C3)c2nc1OC. The zero-order valence-electron chi connectivity index (χ0n) is 30.3. The molecule has 15 nitrogen and oxygen atoms in total. The van der Waals surface area contributed by atoms with Gasteiger partial charge in [-0.1, -0.05) is 47.8 Å². The Bertz CT molecular complexity index is 2110. The molecule has 1 fully saturated rings. The summed E-state index contributed by atoms with van der Waals surface area (Å²) in [4.78, 5) is 35.6. The Morgan fingerprint density at radius 3 is 0.889 bits per heavy atom. The minimum atomic E-state index is 0.319. The quantitative estimate of drug-likeness (QED) is 0.131. The molecule has 282 valence electrons. The van der Waals surface area contributed by atoms with Crippen molar-refractivity contribution in [3.8, 4) is 35.3 Å². The van der Waals surface area contributed by atoms with Crippen molar-refractivity contribution >= 4 is 80.9 Å². The van der Waals surface area contributed by atoms with E-state index in [0.29, 0.717) is 91.5 Å². The molecule has 0 amide bonds. The summed E-state index contributed by atoms with van der Waals surface area (Å²) in [5, 5.41) is 0. The van der Waals surface area contributed by atoms with E-state index in [4.69, 9.17) is 58.3 Å². The number of ether oxygens (including phenoxy) is 6. The molecule has 3 aromatic carbocycles. The number of hydrogen-bond donors (Lipinski definition) is 0. The maximum atomic E-state index is 5.53. The maximum Gasteiger partial charge on any atom is 0.278 e. The van der Waals surface area contributed by atoms with Crippen LogP contribution in [0, 0.1) is 0 Å². The second-order valence-corrected chi connectivity index (χ2v) is 15.2. The first-order chi connectivity index (χ1) is 26.1. The van der Waals surface area contributed by atoms with E-state index in [1.54, 1.807) is 42.7 Å². The standard InChI is InChI=1S/C36H36Br3N9O6/c1-49-31-34(52-4)43-28-19(7-22(37)10-25(28)40-31)13-46-16-47(14-20-8-23(38)11-26-29(20)44-35(53-5)32(41-26)50-2)18-48(17-46)15-21-9-24(39)12-27-30(21)45-36(54-6)33(42-27)51-3/h7-12H,13-18H2,1-6H3. The van der Waals surface area contributed by atoms with E-state index in [0.717, 1.165) is 46.7 Å². The smallest absolute Gasteiger partial charge is 0.278 e.